The number of rotatable bonds is 4. The van der Waals surface area contributed by atoms with E-state index >= 15 is 0 Å². The van der Waals surface area contributed by atoms with Gasteiger partial charge in [-0.05, 0) is 53.9 Å². The van der Waals surface area contributed by atoms with E-state index in [1.165, 1.54) is 9.75 Å². The molecule has 2 aromatic rings. The minimum absolute atomic E-state index is 0.509. The van der Waals surface area contributed by atoms with Crippen LogP contribution in [0.25, 0.3) is 9.88 Å². The van der Waals surface area contributed by atoms with Crippen LogP contribution < -0.4 is 5.73 Å². The molecule has 0 aliphatic carbocycles. The molecular weight excluding hydrogens is 316 g/mol. The number of nitrogens with zero attached hydrogens (tertiary/aromatic N) is 1. The molecule has 2 rings (SSSR count). The largest absolute Gasteiger partial charge is 0.330 e. The predicted molar refractivity (Wildman–Crippen MR) is 80.0 cm³/mol. The van der Waals surface area contributed by atoms with Crippen molar-refractivity contribution in [2.45, 2.75) is 26.2 Å². The summed E-state index contributed by atoms with van der Waals surface area (Å²) in [6, 6.07) is 4.18. The van der Waals surface area contributed by atoms with Crippen LogP contribution in [-0.2, 0) is 0 Å². The van der Waals surface area contributed by atoms with Crippen molar-refractivity contribution in [3.05, 3.63) is 26.5 Å². The van der Waals surface area contributed by atoms with Gasteiger partial charge < -0.3 is 5.73 Å². The van der Waals surface area contributed by atoms with Crippen molar-refractivity contribution in [2.24, 2.45) is 5.73 Å². The fourth-order valence-corrected chi connectivity index (χ4v) is 4.37. The number of hydrogen-bond acceptors (Lipinski definition) is 4. The van der Waals surface area contributed by atoms with Gasteiger partial charge in [0, 0.05) is 4.88 Å². The monoisotopic (exact) mass is 330 g/mol. The van der Waals surface area contributed by atoms with Crippen LogP contribution in [-0.4, -0.2) is 11.5 Å². The van der Waals surface area contributed by atoms with E-state index in [-0.39, 0.29) is 0 Å². The summed E-state index contributed by atoms with van der Waals surface area (Å²) in [5.74, 6) is 0.509. The van der Waals surface area contributed by atoms with Crippen molar-refractivity contribution in [2.75, 3.05) is 6.54 Å². The lowest BCUT2D eigenvalue weighted by atomic mass is 10.1. The molecule has 92 valence electrons. The SMILES string of the molecule is Cc1nc(-c2ccc(Br)s2)sc1C(C)CCN. The topological polar surface area (TPSA) is 38.9 Å². The minimum Gasteiger partial charge on any atom is -0.330 e. The van der Waals surface area contributed by atoms with Crippen molar-refractivity contribution in [1.82, 2.24) is 4.98 Å². The van der Waals surface area contributed by atoms with Crippen LogP contribution in [0.2, 0.25) is 0 Å². The summed E-state index contributed by atoms with van der Waals surface area (Å²) in [4.78, 5) is 7.27. The van der Waals surface area contributed by atoms with Crippen molar-refractivity contribution in [1.29, 1.82) is 0 Å². The molecule has 0 radical (unpaired) electrons. The zero-order valence-corrected chi connectivity index (χ0v) is 13.1. The van der Waals surface area contributed by atoms with Gasteiger partial charge in [0.1, 0.15) is 5.01 Å². The molecule has 0 saturated heterocycles. The molecule has 0 bridgehead atoms. The lowest BCUT2D eigenvalue weighted by molar-refractivity contribution is 0.696. The van der Waals surface area contributed by atoms with Crippen molar-refractivity contribution < 1.29 is 0 Å². The minimum atomic E-state index is 0.509. The number of nitrogens with two attached hydrogens (primary N) is 1. The summed E-state index contributed by atoms with van der Waals surface area (Å²) in [7, 11) is 0. The van der Waals surface area contributed by atoms with Crippen molar-refractivity contribution in [3.63, 3.8) is 0 Å². The molecule has 0 spiro atoms. The zero-order chi connectivity index (χ0) is 12.4. The molecule has 0 aliphatic heterocycles. The van der Waals surface area contributed by atoms with Crippen LogP contribution in [0, 0.1) is 6.92 Å². The molecule has 17 heavy (non-hydrogen) atoms. The molecule has 0 aromatic carbocycles. The number of thiophene rings is 1. The molecule has 1 atom stereocenters. The van der Waals surface area contributed by atoms with Crippen LogP contribution in [0.4, 0.5) is 0 Å². The third kappa shape index (κ3) is 2.96. The van der Waals surface area contributed by atoms with E-state index in [2.05, 4.69) is 46.9 Å². The maximum absolute atomic E-state index is 5.62. The van der Waals surface area contributed by atoms with E-state index in [0.717, 1.165) is 27.5 Å². The Hall–Kier alpha value is -0.230. The highest BCUT2D eigenvalue weighted by Gasteiger charge is 2.15. The molecule has 0 aliphatic rings. The lowest BCUT2D eigenvalue weighted by Gasteiger charge is -2.07. The summed E-state index contributed by atoms with van der Waals surface area (Å²) in [5.41, 5.74) is 6.77. The summed E-state index contributed by atoms with van der Waals surface area (Å²) >= 11 is 7.01. The molecule has 1 unspecified atom stereocenters. The van der Waals surface area contributed by atoms with Gasteiger partial charge in [0.25, 0.3) is 0 Å². The molecular formula is C12H15BrN2S2. The normalized spacial score (nSPS) is 12.9. The van der Waals surface area contributed by atoms with Gasteiger partial charge in [-0.15, -0.1) is 22.7 Å². The standard InChI is InChI=1S/C12H15BrN2S2/c1-7(5-6-14)11-8(2)15-12(17-11)9-3-4-10(13)16-9/h3-4,7H,5-6,14H2,1-2H3. The number of aromatic nitrogens is 1. The summed E-state index contributed by atoms with van der Waals surface area (Å²) in [6.45, 7) is 5.05. The molecule has 0 saturated carbocycles. The highest BCUT2D eigenvalue weighted by molar-refractivity contribution is 9.11. The lowest BCUT2D eigenvalue weighted by Crippen LogP contribution is -2.04. The summed E-state index contributed by atoms with van der Waals surface area (Å²) < 4.78 is 1.15. The smallest absolute Gasteiger partial charge is 0.133 e. The molecule has 5 heteroatoms. The first-order valence-corrected chi connectivity index (χ1v) is 7.97. The Kier molecular flexibility index (Phi) is 4.36. The van der Waals surface area contributed by atoms with Gasteiger partial charge in [-0.2, -0.15) is 0 Å². The highest BCUT2D eigenvalue weighted by Crippen LogP contribution is 2.37. The van der Waals surface area contributed by atoms with E-state index in [1.807, 2.05) is 0 Å². The van der Waals surface area contributed by atoms with Gasteiger partial charge >= 0.3 is 0 Å². The molecule has 2 nitrogen and oxygen atoms in total. The Morgan fingerprint density at radius 3 is 2.76 bits per heavy atom. The van der Waals surface area contributed by atoms with Gasteiger partial charge in [0.2, 0.25) is 0 Å². The van der Waals surface area contributed by atoms with E-state index in [0.29, 0.717) is 5.92 Å². The molecule has 2 heterocycles. The molecule has 0 amide bonds. The maximum atomic E-state index is 5.62. The van der Waals surface area contributed by atoms with Crippen LogP contribution in [0.3, 0.4) is 0 Å². The second-order valence-corrected chi connectivity index (χ2v) is 7.54. The van der Waals surface area contributed by atoms with Gasteiger partial charge in [0.15, 0.2) is 0 Å². The second-order valence-electron chi connectivity index (χ2n) is 4.05. The average Bonchev–Trinajstić information content (AvgIpc) is 2.85. The molecule has 2 aromatic heterocycles. The first kappa shape index (κ1) is 13.2. The van der Waals surface area contributed by atoms with E-state index in [9.17, 15) is 0 Å². The Morgan fingerprint density at radius 1 is 1.41 bits per heavy atom. The van der Waals surface area contributed by atoms with Gasteiger partial charge in [-0.1, -0.05) is 6.92 Å². The van der Waals surface area contributed by atoms with E-state index in [4.69, 9.17) is 5.73 Å². The first-order valence-electron chi connectivity index (χ1n) is 5.55. The highest BCUT2D eigenvalue weighted by atomic mass is 79.9. The second kappa shape index (κ2) is 5.61. The Balaban J connectivity index is 2.30. The van der Waals surface area contributed by atoms with Crippen molar-refractivity contribution >= 4 is 38.6 Å². The third-order valence-electron chi connectivity index (χ3n) is 2.66. The third-order valence-corrected chi connectivity index (χ3v) is 5.85. The zero-order valence-electron chi connectivity index (χ0n) is 9.87. The van der Waals surface area contributed by atoms with Gasteiger partial charge in [0.05, 0.1) is 14.4 Å². The number of thiazole rings is 1. The van der Waals surface area contributed by atoms with Crippen LogP contribution in [0.1, 0.15) is 29.8 Å². The fourth-order valence-electron chi connectivity index (χ4n) is 1.78. The molecule has 0 fully saturated rings. The predicted octanol–water partition coefficient (Wildman–Crippen LogP) is 4.39. The summed E-state index contributed by atoms with van der Waals surface area (Å²) in [6.07, 6.45) is 1.02. The maximum Gasteiger partial charge on any atom is 0.133 e. The van der Waals surface area contributed by atoms with Crippen molar-refractivity contribution in [3.8, 4) is 9.88 Å². The first-order chi connectivity index (χ1) is 8.11. The Morgan fingerprint density at radius 2 is 2.18 bits per heavy atom. The quantitative estimate of drug-likeness (QED) is 0.902. The Labute approximate surface area is 118 Å². The van der Waals surface area contributed by atoms with Gasteiger partial charge in [-0.25, -0.2) is 4.98 Å². The van der Waals surface area contributed by atoms with Gasteiger partial charge in [-0.3, -0.25) is 0 Å². The van der Waals surface area contributed by atoms with Crippen LogP contribution in [0.15, 0.2) is 15.9 Å². The number of hydrogen-bond donors (Lipinski definition) is 1. The average molecular weight is 331 g/mol. The fraction of sp³-hybridized carbons (Fsp3) is 0.417. The molecule has 2 N–H and O–H groups in total. The van der Waals surface area contributed by atoms with Crippen LogP contribution in [0.5, 0.6) is 0 Å². The van der Waals surface area contributed by atoms with E-state index < -0.39 is 0 Å². The number of aryl methyl sites for hydroxylation is 1. The van der Waals surface area contributed by atoms with Crippen LogP contribution >= 0.6 is 38.6 Å². The Bertz CT molecular complexity index is 504. The van der Waals surface area contributed by atoms with E-state index in [1.54, 1.807) is 22.7 Å². The summed E-state index contributed by atoms with van der Waals surface area (Å²) in [5, 5.41) is 1.12. The number of halogens is 1.